The lowest BCUT2D eigenvalue weighted by molar-refractivity contribution is -0.136. The third kappa shape index (κ3) is 5.00. The highest BCUT2D eigenvalue weighted by molar-refractivity contribution is 5.69. The van der Waals surface area contributed by atoms with E-state index in [0.29, 0.717) is 12.4 Å². The highest BCUT2D eigenvalue weighted by atomic mass is 16.5. The molecular weight excluding hydrogens is 262 g/mol. The summed E-state index contributed by atoms with van der Waals surface area (Å²) in [5.41, 5.74) is 0.773. The van der Waals surface area contributed by atoms with E-state index in [0.717, 1.165) is 18.4 Å². The number of hydrogen-bond acceptors (Lipinski definition) is 5. The number of hydrogen-bond donors (Lipinski definition) is 3. The quantitative estimate of drug-likeness (QED) is 0.662. The van der Waals surface area contributed by atoms with Gasteiger partial charge in [-0.2, -0.15) is 0 Å². The first-order valence-electron chi connectivity index (χ1n) is 6.52. The maximum Gasteiger partial charge on any atom is 0.439 e. The lowest BCUT2D eigenvalue weighted by Gasteiger charge is -2.27. The molecule has 0 radical (unpaired) electrons. The Labute approximate surface area is 117 Å². The average Bonchev–Trinajstić information content (AvgIpc) is 2.82. The Hall–Kier alpha value is -1.89. The first-order chi connectivity index (χ1) is 9.36. The number of carbonyl (C=O) groups is 1. The molecule has 0 saturated carbocycles. The molecule has 0 amide bonds. The van der Waals surface area contributed by atoms with Crippen molar-refractivity contribution >= 4 is 11.5 Å². The van der Waals surface area contributed by atoms with Crippen LogP contribution in [-0.4, -0.2) is 34.3 Å². The van der Waals surface area contributed by atoms with Gasteiger partial charge in [-0.25, -0.2) is 4.79 Å². The number of allylic oxidation sites excluding steroid dienone is 2. The summed E-state index contributed by atoms with van der Waals surface area (Å²) in [6.07, 6.45) is 3.62. The Morgan fingerprint density at radius 2 is 2.30 bits per heavy atom. The van der Waals surface area contributed by atoms with Crippen LogP contribution in [0.2, 0.25) is 0 Å². The summed E-state index contributed by atoms with van der Waals surface area (Å²) in [6.45, 7) is 6.54. The molecule has 1 heterocycles. The normalized spacial score (nSPS) is 15.1. The van der Waals surface area contributed by atoms with Crippen LogP contribution in [0.3, 0.4) is 0 Å². The molecule has 112 valence electrons. The Bertz CT molecular complexity index is 532. The van der Waals surface area contributed by atoms with Crippen molar-refractivity contribution in [3.8, 4) is 0 Å². The van der Waals surface area contributed by atoms with E-state index in [2.05, 4.69) is 33.8 Å². The zero-order chi connectivity index (χ0) is 15.2. The van der Waals surface area contributed by atoms with E-state index in [1.54, 1.807) is 0 Å². The molecule has 1 unspecified atom stereocenters. The van der Waals surface area contributed by atoms with Gasteiger partial charge in [-0.3, -0.25) is 14.3 Å². The van der Waals surface area contributed by atoms with Crippen LogP contribution in [0, 0.1) is 5.41 Å². The summed E-state index contributed by atoms with van der Waals surface area (Å²) < 4.78 is 4.46. The Morgan fingerprint density at radius 1 is 1.60 bits per heavy atom. The Morgan fingerprint density at radius 3 is 2.80 bits per heavy atom. The molecular formula is C13H21N3O4. The second-order valence-electron chi connectivity index (χ2n) is 5.20. The van der Waals surface area contributed by atoms with E-state index < -0.39 is 11.7 Å². The van der Waals surface area contributed by atoms with Crippen LogP contribution < -0.4 is 11.1 Å². The second-order valence-corrected chi connectivity index (χ2v) is 5.20. The number of aromatic nitrogens is 2. The van der Waals surface area contributed by atoms with Crippen LogP contribution in [0.25, 0.3) is 5.57 Å². The summed E-state index contributed by atoms with van der Waals surface area (Å²) in [7, 11) is 0. The van der Waals surface area contributed by atoms with Crippen LogP contribution >= 0.6 is 0 Å². The van der Waals surface area contributed by atoms with Gasteiger partial charge in [-0.05, 0) is 30.8 Å². The van der Waals surface area contributed by atoms with Crippen molar-refractivity contribution in [1.29, 1.82) is 0 Å². The molecule has 1 rings (SSSR count). The third-order valence-corrected chi connectivity index (χ3v) is 3.40. The highest BCUT2D eigenvalue weighted by Gasteiger charge is 2.21. The summed E-state index contributed by atoms with van der Waals surface area (Å²) in [5, 5.41) is 15.2. The Kier molecular flexibility index (Phi) is 5.69. The van der Waals surface area contributed by atoms with Crippen molar-refractivity contribution in [3.63, 3.8) is 0 Å². The number of aliphatic carboxylic acids is 1. The maximum absolute atomic E-state index is 10.9. The van der Waals surface area contributed by atoms with Gasteiger partial charge in [0.15, 0.2) is 5.82 Å². The summed E-state index contributed by atoms with van der Waals surface area (Å²) in [5.74, 6) is -1.02. The number of nitrogens with one attached hydrogen (secondary N) is 2. The molecule has 0 bridgehead atoms. The van der Waals surface area contributed by atoms with E-state index in [9.17, 15) is 9.59 Å². The molecule has 0 fully saturated rings. The number of rotatable bonds is 8. The predicted molar refractivity (Wildman–Crippen MR) is 74.3 cm³/mol. The third-order valence-electron chi connectivity index (χ3n) is 3.40. The SMILES string of the molecule is CCC(C)(C/C=C(\C)c1noc(=O)[nH]1)CNCC(=O)O. The monoisotopic (exact) mass is 283 g/mol. The predicted octanol–water partition coefficient (Wildman–Crippen LogP) is 1.25. The van der Waals surface area contributed by atoms with Gasteiger partial charge in [0.2, 0.25) is 0 Å². The fraction of sp³-hybridized carbons (Fsp3) is 0.615. The highest BCUT2D eigenvalue weighted by Crippen LogP contribution is 2.26. The lowest BCUT2D eigenvalue weighted by atomic mass is 9.83. The van der Waals surface area contributed by atoms with Gasteiger partial charge < -0.3 is 10.4 Å². The molecule has 0 aliphatic rings. The Balaban J connectivity index is 2.62. The molecule has 0 saturated heterocycles. The smallest absolute Gasteiger partial charge is 0.439 e. The van der Waals surface area contributed by atoms with Crippen LogP contribution in [0.15, 0.2) is 15.4 Å². The standard InChI is InChI=1S/C13H21N3O4/c1-4-13(3,8-14-7-10(17)18)6-5-9(2)11-15-12(19)20-16-11/h5,14H,4,6-8H2,1-3H3,(H,17,18)(H,15,16,19)/b9-5+. The van der Waals surface area contributed by atoms with Gasteiger partial charge in [0, 0.05) is 6.54 Å². The van der Waals surface area contributed by atoms with Crippen molar-refractivity contribution < 1.29 is 14.4 Å². The van der Waals surface area contributed by atoms with Crippen molar-refractivity contribution in [1.82, 2.24) is 15.5 Å². The number of nitrogens with zero attached hydrogens (tertiary/aromatic N) is 1. The molecule has 0 spiro atoms. The van der Waals surface area contributed by atoms with Crippen LogP contribution in [0.5, 0.6) is 0 Å². The van der Waals surface area contributed by atoms with Crippen LogP contribution in [-0.2, 0) is 4.79 Å². The van der Waals surface area contributed by atoms with E-state index in [1.165, 1.54) is 0 Å². The molecule has 0 aliphatic carbocycles. The van der Waals surface area contributed by atoms with Gasteiger partial charge in [-0.15, -0.1) is 0 Å². The van der Waals surface area contributed by atoms with Gasteiger partial charge in [0.1, 0.15) is 0 Å². The minimum absolute atomic E-state index is 0.0467. The van der Waals surface area contributed by atoms with Gasteiger partial charge in [0.25, 0.3) is 0 Å². The van der Waals surface area contributed by atoms with Gasteiger partial charge in [-0.1, -0.05) is 25.1 Å². The van der Waals surface area contributed by atoms with Crippen molar-refractivity contribution in [3.05, 3.63) is 22.5 Å². The summed E-state index contributed by atoms with van der Waals surface area (Å²) >= 11 is 0. The first-order valence-corrected chi connectivity index (χ1v) is 6.52. The number of aromatic amines is 1. The van der Waals surface area contributed by atoms with Crippen LogP contribution in [0.1, 0.15) is 39.4 Å². The van der Waals surface area contributed by atoms with E-state index in [4.69, 9.17) is 5.11 Å². The largest absolute Gasteiger partial charge is 0.480 e. The molecule has 3 N–H and O–H groups in total. The van der Waals surface area contributed by atoms with Crippen molar-refractivity contribution in [2.45, 2.75) is 33.6 Å². The number of carboxylic acid groups (broad SMARTS) is 1. The maximum atomic E-state index is 10.9. The summed E-state index contributed by atoms with van der Waals surface area (Å²) in [6, 6.07) is 0. The van der Waals surface area contributed by atoms with E-state index in [1.807, 2.05) is 13.0 Å². The van der Waals surface area contributed by atoms with E-state index >= 15 is 0 Å². The van der Waals surface area contributed by atoms with Crippen LogP contribution in [0.4, 0.5) is 0 Å². The minimum atomic E-state index is -0.865. The molecule has 7 heteroatoms. The zero-order valence-electron chi connectivity index (χ0n) is 12.0. The minimum Gasteiger partial charge on any atom is -0.480 e. The molecule has 1 aromatic rings. The molecule has 1 aromatic heterocycles. The van der Waals surface area contributed by atoms with E-state index in [-0.39, 0.29) is 12.0 Å². The molecule has 7 nitrogen and oxygen atoms in total. The second kappa shape index (κ2) is 7.04. The number of H-pyrrole nitrogens is 1. The topological polar surface area (TPSA) is 108 Å². The van der Waals surface area contributed by atoms with Gasteiger partial charge >= 0.3 is 11.7 Å². The molecule has 0 aromatic carbocycles. The molecule has 20 heavy (non-hydrogen) atoms. The van der Waals surface area contributed by atoms with Crippen molar-refractivity contribution in [2.75, 3.05) is 13.1 Å². The fourth-order valence-corrected chi connectivity index (χ4v) is 1.71. The number of carboxylic acids is 1. The lowest BCUT2D eigenvalue weighted by Crippen LogP contribution is -2.34. The average molecular weight is 283 g/mol. The first kappa shape index (κ1) is 16.2. The fourth-order valence-electron chi connectivity index (χ4n) is 1.71. The molecule has 1 atom stereocenters. The van der Waals surface area contributed by atoms with Crippen molar-refractivity contribution in [2.24, 2.45) is 5.41 Å². The molecule has 0 aliphatic heterocycles. The zero-order valence-corrected chi connectivity index (χ0v) is 12.0. The van der Waals surface area contributed by atoms with Gasteiger partial charge in [0.05, 0.1) is 6.54 Å². The summed E-state index contributed by atoms with van der Waals surface area (Å²) in [4.78, 5) is 23.9.